The van der Waals surface area contributed by atoms with E-state index in [1.54, 1.807) is 13.0 Å². The fourth-order valence-corrected chi connectivity index (χ4v) is 3.38. The molecule has 1 unspecified atom stereocenters. The van der Waals surface area contributed by atoms with Crippen molar-refractivity contribution in [1.29, 1.82) is 0 Å². The van der Waals surface area contributed by atoms with Gasteiger partial charge >= 0.3 is 0 Å². The van der Waals surface area contributed by atoms with Crippen LogP contribution in [0.15, 0.2) is 48.0 Å². The van der Waals surface area contributed by atoms with Crippen molar-refractivity contribution in [2.75, 3.05) is 26.9 Å². The second-order valence-corrected chi connectivity index (χ2v) is 6.65. The number of likely N-dealkylation sites (tertiary alicyclic amines) is 1. The van der Waals surface area contributed by atoms with Crippen LogP contribution in [0.1, 0.15) is 24.1 Å². The van der Waals surface area contributed by atoms with E-state index in [2.05, 4.69) is 0 Å². The van der Waals surface area contributed by atoms with Crippen LogP contribution in [-0.2, 0) is 14.3 Å². The number of aliphatic hydroxyl groups is 1. The number of benzene rings is 2. The summed E-state index contributed by atoms with van der Waals surface area (Å²) >= 11 is 0. The molecule has 0 aliphatic carbocycles. The number of rotatable bonds is 7. The van der Waals surface area contributed by atoms with Crippen LogP contribution in [0, 0.1) is 5.82 Å². The molecule has 30 heavy (non-hydrogen) atoms. The number of amides is 1. The zero-order valence-electron chi connectivity index (χ0n) is 16.6. The number of methoxy groups -OCH3 is 1. The quantitative estimate of drug-likeness (QED) is 0.410. The second kappa shape index (κ2) is 8.96. The third kappa shape index (κ3) is 3.99. The Hall–Kier alpha value is -3.39. The minimum atomic E-state index is -0.926. The Morgan fingerprint density at radius 3 is 2.50 bits per heavy atom. The van der Waals surface area contributed by atoms with Crippen LogP contribution >= 0.6 is 0 Å². The number of aromatic hydroxyl groups is 1. The summed E-state index contributed by atoms with van der Waals surface area (Å²) in [6.45, 7) is 2.34. The molecule has 2 N–H and O–H groups in total. The molecule has 158 valence electrons. The van der Waals surface area contributed by atoms with Gasteiger partial charge in [0, 0.05) is 19.2 Å². The number of halogens is 1. The number of ether oxygens (including phenoxy) is 2. The third-order valence-corrected chi connectivity index (χ3v) is 4.79. The lowest BCUT2D eigenvalue weighted by Crippen LogP contribution is -2.32. The molecule has 0 radical (unpaired) electrons. The van der Waals surface area contributed by atoms with Crippen molar-refractivity contribution < 1.29 is 33.7 Å². The van der Waals surface area contributed by atoms with Crippen molar-refractivity contribution in [2.45, 2.75) is 13.0 Å². The average molecular weight is 415 g/mol. The van der Waals surface area contributed by atoms with Gasteiger partial charge in [-0.3, -0.25) is 9.59 Å². The van der Waals surface area contributed by atoms with Crippen molar-refractivity contribution >= 4 is 17.4 Å². The minimum Gasteiger partial charge on any atom is -0.507 e. The summed E-state index contributed by atoms with van der Waals surface area (Å²) in [4.78, 5) is 26.8. The van der Waals surface area contributed by atoms with Gasteiger partial charge in [-0.25, -0.2) is 4.39 Å². The predicted octanol–water partition coefficient (Wildman–Crippen LogP) is 3.00. The van der Waals surface area contributed by atoms with Crippen molar-refractivity contribution in [3.05, 3.63) is 65.0 Å². The molecule has 1 atom stereocenters. The van der Waals surface area contributed by atoms with Gasteiger partial charge < -0.3 is 24.6 Å². The van der Waals surface area contributed by atoms with E-state index in [-0.39, 0.29) is 35.8 Å². The van der Waals surface area contributed by atoms with Crippen molar-refractivity contribution in [2.24, 2.45) is 0 Å². The molecule has 7 nitrogen and oxygen atoms in total. The van der Waals surface area contributed by atoms with E-state index in [1.165, 1.54) is 36.3 Å². The summed E-state index contributed by atoms with van der Waals surface area (Å²) in [5.74, 6) is -2.45. The molecule has 1 aliphatic heterocycles. The van der Waals surface area contributed by atoms with Crippen LogP contribution in [0.3, 0.4) is 0 Å². The van der Waals surface area contributed by atoms with Crippen LogP contribution in [-0.4, -0.2) is 53.7 Å². The highest BCUT2D eigenvalue weighted by atomic mass is 19.1. The molecule has 8 heteroatoms. The number of carbonyl (C=O) groups is 2. The van der Waals surface area contributed by atoms with Crippen molar-refractivity contribution in [3.8, 4) is 11.5 Å². The number of aliphatic hydroxyl groups excluding tert-OH is 1. The SMILES string of the molecule is CCOc1cc(C2/C(=C(/O)c3ccc(F)cc3)C(=O)C(=O)N2CCOC)ccc1O. The maximum absolute atomic E-state index is 13.3. The highest BCUT2D eigenvalue weighted by Gasteiger charge is 2.46. The smallest absolute Gasteiger partial charge is 0.295 e. The predicted molar refractivity (Wildman–Crippen MR) is 107 cm³/mol. The Morgan fingerprint density at radius 1 is 1.17 bits per heavy atom. The Balaban J connectivity index is 2.17. The van der Waals surface area contributed by atoms with Crippen LogP contribution in [0.2, 0.25) is 0 Å². The second-order valence-electron chi connectivity index (χ2n) is 6.65. The normalized spacial score (nSPS) is 18.1. The van der Waals surface area contributed by atoms with Gasteiger partial charge in [0.25, 0.3) is 11.7 Å². The van der Waals surface area contributed by atoms with E-state index in [0.717, 1.165) is 12.1 Å². The first-order valence-electron chi connectivity index (χ1n) is 9.38. The number of phenols is 1. The summed E-state index contributed by atoms with van der Waals surface area (Å²) in [7, 11) is 1.47. The van der Waals surface area contributed by atoms with E-state index in [9.17, 15) is 24.2 Å². The lowest BCUT2D eigenvalue weighted by molar-refractivity contribution is -0.140. The topological polar surface area (TPSA) is 96.3 Å². The maximum Gasteiger partial charge on any atom is 0.295 e. The zero-order chi connectivity index (χ0) is 21.8. The number of phenolic OH excluding ortho intramolecular Hbond substituents is 1. The molecule has 1 aliphatic rings. The summed E-state index contributed by atoms with van der Waals surface area (Å²) in [5.41, 5.74) is 0.543. The Kier molecular flexibility index (Phi) is 6.37. The zero-order valence-corrected chi connectivity index (χ0v) is 16.6. The molecular weight excluding hydrogens is 393 g/mol. The number of carbonyl (C=O) groups excluding carboxylic acids is 2. The van der Waals surface area contributed by atoms with Gasteiger partial charge in [-0.2, -0.15) is 0 Å². The van der Waals surface area contributed by atoms with E-state index >= 15 is 0 Å². The molecule has 3 rings (SSSR count). The van der Waals surface area contributed by atoms with Gasteiger partial charge in [0.15, 0.2) is 11.5 Å². The lowest BCUT2D eigenvalue weighted by atomic mass is 9.95. The largest absolute Gasteiger partial charge is 0.507 e. The number of nitrogens with zero attached hydrogens (tertiary/aromatic N) is 1. The number of ketones is 1. The minimum absolute atomic E-state index is 0.0898. The molecular formula is C22H22FNO6. The molecule has 2 aromatic rings. The Morgan fingerprint density at radius 2 is 1.87 bits per heavy atom. The van der Waals surface area contributed by atoms with Gasteiger partial charge in [0.05, 0.1) is 24.8 Å². The van der Waals surface area contributed by atoms with E-state index in [1.807, 2.05) is 0 Å². The molecule has 0 spiro atoms. The van der Waals surface area contributed by atoms with Crippen LogP contribution in [0.25, 0.3) is 5.76 Å². The van der Waals surface area contributed by atoms with Gasteiger partial charge in [0.1, 0.15) is 11.6 Å². The van der Waals surface area contributed by atoms with E-state index in [4.69, 9.17) is 9.47 Å². The first-order valence-corrected chi connectivity index (χ1v) is 9.38. The standard InChI is InChI=1S/C22H22FNO6/c1-3-30-17-12-14(6-9-16(17)25)19-18(20(26)13-4-7-15(23)8-5-13)21(27)22(28)24(19)10-11-29-2/h4-9,12,19,25-26H,3,10-11H2,1-2H3/b20-18-. The van der Waals surface area contributed by atoms with Crippen molar-refractivity contribution in [3.63, 3.8) is 0 Å². The highest BCUT2D eigenvalue weighted by Crippen LogP contribution is 2.41. The van der Waals surface area contributed by atoms with Gasteiger partial charge in [-0.1, -0.05) is 6.07 Å². The lowest BCUT2D eigenvalue weighted by Gasteiger charge is -2.25. The monoisotopic (exact) mass is 415 g/mol. The molecule has 0 bridgehead atoms. The van der Waals surface area contributed by atoms with E-state index in [0.29, 0.717) is 12.2 Å². The molecule has 1 amide bonds. The average Bonchev–Trinajstić information content (AvgIpc) is 2.98. The number of hydrogen-bond acceptors (Lipinski definition) is 6. The number of Topliss-reactive ketones (excluding diaryl/α,β-unsaturated/α-hetero) is 1. The first-order chi connectivity index (χ1) is 14.4. The van der Waals surface area contributed by atoms with Gasteiger partial charge in [-0.05, 0) is 48.9 Å². The first kappa shape index (κ1) is 21.3. The van der Waals surface area contributed by atoms with Crippen LogP contribution in [0.4, 0.5) is 4.39 Å². The summed E-state index contributed by atoms with van der Waals surface area (Å²) in [5, 5.41) is 20.9. The Bertz CT molecular complexity index is 986. The summed E-state index contributed by atoms with van der Waals surface area (Å²) in [6.07, 6.45) is 0. The number of hydrogen-bond donors (Lipinski definition) is 2. The molecule has 1 fully saturated rings. The molecule has 0 aromatic heterocycles. The maximum atomic E-state index is 13.3. The van der Waals surface area contributed by atoms with E-state index < -0.39 is 29.3 Å². The van der Waals surface area contributed by atoms with Crippen LogP contribution in [0.5, 0.6) is 11.5 Å². The third-order valence-electron chi connectivity index (χ3n) is 4.79. The van der Waals surface area contributed by atoms with Gasteiger partial charge in [-0.15, -0.1) is 0 Å². The highest BCUT2D eigenvalue weighted by molar-refractivity contribution is 6.46. The van der Waals surface area contributed by atoms with Crippen molar-refractivity contribution in [1.82, 2.24) is 4.90 Å². The van der Waals surface area contributed by atoms with Crippen LogP contribution < -0.4 is 4.74 Å². The fraction of sp³-hybridized carbons (Fsp3) is 0.273. The summed E-state index contributed by atoms with van der Waals surface area (Å²) in [6, 6.07) is 8.50. The summed E-state index contributed by atoms with van der Waals surface area (Å²) < 4.78 is 23.8. The molecule has 2 aromatic carbocycles. The molecule has 0 saturated carbocycles. The molecule has 1 saturated heterocycles. The Labute approximate surface area is 173 Å². The fourth-order valence-electron chi connectivity index (χ4n) is 3.38. The van der Waals surface area contributed by atoms with Gasteiger partial charge in [0.2, 0.25) is 0 Å². The molecule has 1 heterocycles.